The van der Waals surface area contributed by atoms with Gasteiger partial charge < -0.3 is 15.0 Å². The van der Waals surface area contributed by atoms with E-state index in [9.17, 15) is 4.79 Å². The molecule has 20 heavy (non-hydrogen) atoms. The maximum absolute atomic E-state index is 11.9. The lowest BCUT2D eigenvalue weighted by Gasteiger charge is -2.38. The maximum Gasteiger partial charge on any atom is 0.323 e. The lowest BCUT2D eigenvalue weighted by atomic mass is 10.1. The molecule has 1 aliphatic rings. The average Bonchev–Trinajstić information content (AvgIpc) is 2.41. The molecule has 1 aliphatic heterocycles. The first-order valence-corrected chi connectivity index (χ1v) is 7.91. The van der Waals surface area contributed by atoms with Crippen molar-refractivity contribution in [3.63, 3.8) is 0 Å². The molecule has 0 radical (unpaired) electrons. The average molecular weight is 285 g/mol. The predicted molar refractivity (Wildman–Crippen MR) is 81.9 cm³/mol. The highest BCUT2D eigenvalue weighted by Crippen LogP contribution is 2.09. The van der Waals surface area contributed by atoms with E-state index >= 15 is 0 Å². The van der Waals surface area contributed by atoms with Crippen molar-refractivity contribution >= 4 is 5.97 Å². The van der Waals surface area contributed by atoms with Crippen molar-refractivity contribution in [3.8, 4) is 0 Å². The SMILES string of the molecule is CCCNC(CCN1CCN(C)CC1C)C(=O)OCC. The fraction of sp³-hybridized carbons (Fsp3) is 0.933. The van der Waals surface area contributed by atoms with E-state index in [4.69, 9.17) is 4.74 Å². The number of carbonyl (C=O) groups is 1. The normalized spacial score (nSPS) is 22.7. The first-order valence-electron chi connectivity index (χ1n) is 7.91. The highest BCUT2D eigenvalue weighted by Gasteiger charge is 2.24. The second-order valence-corrected chi connectivity index (χ2v) is 5.69. The third-order valence-corrected chi connectivity index (χ3v) is 3.89. The minimum atomic E-state index is -0.165. The molecule has 5 heteroatoms. The summed E-state index contributed by atoms with van der Waals surface area (Å²) in [5, 5.41) is 3.31. The number of hydrogen-bond donors (Lipinski definition) is 1. The van der Waals surface area contributed by atoms with Crippen LogP contribution < -0.4 is 5.32 Å². The molecular weight excluding hydrogens is 254 g/mol. The van der Waals surface area contributed by atoms with E-state index in [1.165, 1.54) is 0 Å². The Labute approximate surface area is 123 Å². The molecule has 1 N–H and O–H groups in total. The first kappa shape index (κ1) is 17.4. The molecule has 5 nitrogen and oxygen atoms in total. The van der Waals surface area contributed by atoms with Crippen molar-refractivity contribution in [2.24, 2.45) is 0 Å². The number of esters is 1. The van der Waals surface area contributed by atoms with Gasteiger partial charge >= 0.3 is 5.97 Å². The monoisotopic (exact) mass is 285 g/mol. The summed E-state index contributed by atoms with van der Waals surface area (Å²) >= 11 is 0. The van der Waals surface area contributed by atoms with Gasteiger partial charge in [-0.05, 0) is 40.3 Å². The Morgan fingerprint density at radius 2 is 2.15 bits per heavy atom. The zero-order chi connectivity index (χ0) is 15.0. The Hall–Kier alpha value is -0.650. The van der Waals surface area contributed by atoms with Gasteiger partial charge in [0.05, 0.1) is 6.61 Å². The van der Waals surface area contributed by atoms with Crippen molar-refractivity contribution in [3.05, 3.63) is 0 Å². The topological polar surface area (TPSA) is 44.8 Å². The first-order chi connectivity index (χ1) is 9.58. The fourth-order valence-electron chi connectivity index (χ4n) is 2.67. The van der Waals surface area contributed by atoms with Gasteiger partial charge in [-0.3, -0.25) is 9.69 Å². The lowest BCUT2D eigenvalue weighted by molar-refractivity contribution is -0.146. The molecule has 0 aromatic carbocycles. The number of nitrogens with one attached hydrogen (secondary N) is 1. The third-order valence-electron chi connectivity index (χ3n) is 3.89. The van der Waals surface area contributed by atoms with E-state index in [0.29, 0.717) is 12.6 Å². The smallest absolute Gasteiger partial charge is 0.323 e. The molecule has 0 spiro atoms. The van der Waals surface area contributed by atoms with Gasteiger partial charge in [-0.15, -0.1) is 0 Å². The number of carbonyl (C=O) groups excluding carboxylic acids is 1. The van der Waals surface area contributed by atoms with E-state index in [0.717, 1.165) is 45.6 Å². The van der Waals surface area contributed by atoms with Crippen molar-refractivity contribution in [2.45, 2.75) is 45.7 Å². The standard InChI is InChI=1S/C15H31N3O2/c1-5-8-16-14(15(19)20-6-2)7-9-18-11-10-17(4)12-13(18)3/h13-14,16H,5-12H2,1-4H3. The number of ether oxygens (including phenoxy) is 1. The Bertz CT molecular complexity index is 286. The highest BCUT2D eigenvalue weighted by molar-refractivity contribution is 5.75. The summed E-state index contributed by atoms with van der Waals surface area (Å²) in [7, 11) is 2.16. The lowest BCUT2D eigenvalue weighted by Crippen LogP contribution is -2.52. The van der Waals surface area contributed by atoms with Crippen LogP contribution in [-0.4, -0.2) is 74.2 Å². The zero-order valence-electron chi connectivity index (χ0n) is 13.5. The van der Waals surface area contributed by atoms with E-state index in [2.05, 4.69) is 36.0 Å². The summed E-state index contributed by atoms with van der Waals surface area (Å²) in [5.41, 5.74) is 0. The molecule has 2 atom stereocenters. The van der Waals surface area contributed by atoms with Crippen LogP contribution in [0, 0.1) is 0 Å². The van der Waals surface area contributed by atoms with Gasteiger partial charge in [-0.1, -0.05) is 6.92 Å². The molecule has 0 aromatic heterocycles. The van der Waals surface area contributed by atoms with Crippen LogP contribution in [-0.2, 0) is 9.53 Å². The molecule has 0 bridgehead atoms. The fourth-order valence-corrected chi connectivity index (χ4v) is 2.67. The van der Waals surface area contributed by atoms with Crippen LogP contribution in [0.1, 0.15) is 33.6 Å². The van der Waals surface area contributed by atoms with Crippen molar-refractivity contribution in [1.82, 2.24) is 15.1 Å². The summed E-state index contributed by atoms with van der Waals surface area (Å²) < 4.78 is 5.16. The van der Waals surface area contributed by atoms with E-state index in [-0.39, 0.29) is 12.0 Å². The van der Waals surface area contributed by atoms with Crippen molar-refractivity contribution in [2.75, 3.05) is 46.4 Å². The van der Waals surface area contributed by atoms with Gasteiger partial charge in [0.15, 0.2) is 0 Å². The Morgan fingerprint density at radius 1 is 1.40 bits per heavy atom. The quantitative estimate of drug-likeness (QED) is 0.673. The van der Waals surface area contributed by atoms with Crippen LogP contribution in [0.25, 0.3) is 0 Å². The van der Waals surface area contributed by atoms with Crippen molar-refractivity contribution < 1.29 is 9.53 Å². The molecule has 118 valence electrons. The Morgan fingerprint density at radius 3 is 2.75 bits per heavy atom. The minimum absolute atomic E-state index is 0.109. The zero-order valence-corrected chi connectivity index (χ0v) is 13.5. The number of hydrogen-bond acceptors (Lipinski definition) is 5. The van der Waals surface area contributed by atoms with Crippen molar-refractivity contribution in [1.29, 1.82) is 0 Å². The summed E-state index contributed by atoms with van der Waals surface area (Å²) in [6, 6.07) is 0.393. The highest BCUT2D eigenvalue weighted by atomic mass is 16.5. The second-order valence-electron chi connectivity index (χ2n) is 5.69. The van der Waals surface area contributed by atoms with E-state index < -0.39 is 0 Å². The number of rotatable bonds is 8. The molecule has 2 unspecified atom stereocenters. The van der Waals surface area contributed by atoms with Gasteiger partial charge in [0.2, 0.25) is 0 Å². The molecule has 1 rings (SSSR count). The molecule has 0 aliphatic carbocycles. The van der Waals surface area contributed by atoms with Gasteiger partial charge in [-0.2, -0.15) is 0 Å². The van der Waals surface area contributed by atoms with E-state index in [1.807, 2.05) is 6.92 Å². The molecule has 1 saturated heterocycles. The molecular formula is C15H31N3O2. The summed E-state index contributed by atoms with van der Waals surface area (Å²) in [6.07, 6.45) is 1.85. The summed E-state index contributed by atoms with van der Waals surface area (Å²) in [5.74, 6) is -0.109. The molecule has 0 amide bonds. The largest absolute Gasteiger partial charge is 0.465 e. The number of likely N-dealkylation sites (N-methyl/N-ethyl adjacent to an activating group) is 1. The second kappa shape index (κ2) is 9.32. The van der Waals surface area contributed by atoms with Crippen LogP contribution in [0.15, 0.2) is 0 Å². The molecule has 1 heterocycles. The minimum Gasteiger partial charge on any atom is -0.465 e. The van der Waals surface area contributed by atoms with E-state index in [1.54, 1.807) is 0 Å². The maximum atomic E-state index is 11.9. The molecule has 0 aromatic rings. The predicted octanol–water partition coefficient (Wildman–Crippen LogP) is 0.944. The van der Waals surface area contributed by atoms with Gasteiger partial charge in [0, 0.05) is 32.2 Å². The van der Waals surface area contributed by atoms with Crippen LogP contribution >= 0.6 is 0 Å². The molecule has 1 fully saturated rings. The third kappa shape index (κ3) is 5.77. The number of piperazine rings is 1. The van der Waals surface area contributed by atoms with Crippen LogP contribution in [0.3, 0.4) is 0 Å². The van der Waals surface area contributed by atoms with Crippen LogP contribution in [0.2, 0.25) is 0 Å². The number of nitrogens with zero attached hydrogens (tertiary/aromatic N) is 2. The summed E-state index contributed by atoms with van der Waals surface area (Å²) in [4.78, 5) is 16.8. The van der Waals surface area contributed by atoms with Gasteiger partial charge in [-0.25, -0.2) is 0 Å². The van der Waals surface area contributed by atoms with Crippen LogP contribution in [0.4, 0.5) is 0 Å². The van der Waals surface area contributed by atoms with Gasteiger partial charge in [0.25, 0.3) is 0 Å². The Balaban J connectivity index is 2.42. The Kier molecular flexibility index (Phi) is 8.11. The molecule has 0 saturated carbocycles. The summed E-state index contributed by atoms with van der Waals surface area (Å²) in [6.45, 7) is 11.8. The van der Waals surface area contributed by atoms with Crippen LogP contribution in [0.5, 0.6) is 0 Å². The van der Waals surface area contributed by atoms with Gasteiger partial charge in [0.1, 0.15) is 6.04 Å².